The molecule has 1 aliphatic rings. The number of hydrogen-bond acceptors (Lipinski definition) is 3. The van der Waals surface area contributed by atoms with E-state index >= 15 is 0 Å². The average molecular weight is 301 g/mol. The standard InChI is InChI=1S/C17H27N5/c1-3-4-6-12-20-17(18-2)21-15-9-13-22(14-10-15)16-8-5-7-11-19-16/h3-5,7-8,11,15H,6,9-10,12-14H2,1-2H3,(H2,18,20,21). The van der Waals surface area contributed by atoms with Gasteiger partial charge in [0.05, 0.1) is 0 Å². The molecule has 0 aliphatic carbocycles. The molecular formula is C17H27N5. The molecule has 1 aromatic heterocycles. The number of nitrogens with zero attached hydrogens (tertiary/aromatic N) is 3. The summed E-state index contributed by atoms with van der Waals surface area (Å²) in [5, 5.41) is 6.88. The molecule has 2 heterocycles. The molecule has 2 rings (SSSR count). The van der Waals surface area contributed by atoms with Gasteiger partial charge in [0, 0.05) is 38.9 Å². The molecule has 1 fully saturated rings. The highest BCUT2D eigenvalue weighted by Gasteiger charge is 2.20. The van der Waals surface area contributed by atoms with E-state index in [1.807, 2.05) is 32.3 Å². The molecule has 1 aromatic rings. The molecule has 5 nitrogen and oxygen atoms in total. The van der Waals surface area contributed by atoms with Gasteiger partial charge >= 0.3 is 0 Å². The van der Waals surface area contributed by atoms with Crippen LogP contribution < -0.4 is 15.5 Å². The first-order valence-electron chi connectivity index (χ1n) is 8.08. The number of nitrogens with one attached hydrogen (secondary N) is 2. The molecule has 1 saturated heterocycles. The normalized spacial score (nSPS) is 17.0. The number of guanidine groups is 1. The minimum atomic E-state index is 0.480. The molecule has 0 atom stereocenters. The summed E-state index contributed by atoms with van der Waals surface area (Å²) in [5.74, 6) is 1.98. The summed E-state index contributed by atoms with van der Waals surface area (Å²) in [6.45, 7) is 5.02. The van der Waals surface area contributed by atoms with Crippen LogP contribution in [0.2, 0.25) is 0 Å². The average Bonchev–Trinajstić information content (AvgIpc) is 2.59. The van der Waals surface area contributed by atoms with Crippen molar-refractivity contribution in [3.05, 3.63) is 36.5 Å². The number of aliphatic imine (C=N–C) groups is 1. The topological polar surface area (TPSA) is 52.6 Å². The monoisotopic (exact) mass is 301 g/mol. The minimum absolute atomic E-state index is 0.480. The first kappa shape index (κ1) is 16.3. The summed E-state index contributed by atoms with van der Waals surface area (Å²) in [7, 11) is 1.83. The molecule has 0 unspecified atom stereocenters. The van der Waals surface area contributed by atoms with Gasteiger partial charge in [0.1, 0.15) is 5.82 Å². The van der Waals surface area contributed by atoms with Crippen LogP contribution in [0.15, 0.2) is 41.5 Å². The highest BCUT2D eigenvalue weighted by molar-refractivity contribution is 5.79. The third kappa shape index (κ3) is 5.06. The molecule has 0 saturated carbocycles. The zero-order valence-corrected chi connectivity index (χ0v) is 13.6. The van der Waals surface area contributed by atoms with Crippen LogP contribution in [0.5, 0.6) is 0 Å². The van der Waals surface area contributed by atoms with Crippen LogP contribution in [-0.2, 0) is 0 Å². The SMILES string of the molecule is CC=CCCNC(=NC)NC1CCN(c2ccccn2)CC1. The molecule has 2 N–H and O–H groups in total. The van der Waals surface area contributed by atoms with Crippen molar-refractivity contribution in [2.75, 3.05) is 31.6 Å². The Morgan fingerprint density at radius 3 is 2.86 bits per heavy atom. The van der Waals surface area contributed by atoms with Gasteiger partial charge in [0.15, 0.2) is 5.96 Å². The van der Waals surface area contributed by atoms with Gasteiger partial charge in [0.25, 0.3) is 0 Å². The molecule has 0 bridgehead atoms. The lowest BCUT2D eigenvalue weighted by Gasteiger charge is -2.33. The Hall–Kier alpha value is -2.04. The predicted octanol–water partition coefficient (Wildman–Crippen LogP) is 2.18. The van der Waals surface area contributed by atoms with Gasteiger partial charge in [0.2, 0.25) is 0 Å². The Kier molecular flexibility index (Phi) is 6.74. The van der Waals surface area contributed by atoms with E-state index in [0.29, 0.717) is 6.04 Å². The quantitative estimate of drug-likeness (QED) is 0.379. The Labute approximate surface area is 133 Å². The number of piperidine rings is 1. The van der Waals surface area contributed by atoms with Crippen molar-refractivity contribution in [1.82, 2.24) is 15.6 Å². The molecule has 1 aliphatic heterocycles. The molecule has 22 heavy (non-hydrogen) atoms. The zero-order chi connectivity index (χ0) is 15.6. The van der Waals surface area contributed by atoms with E-state index in [1.54, 1.807) is 0 Å². The van der Waals surface area contributed by atoms with E-state index in [4.69, 9.17) is 0 Å². The Bertz CT molecular complexity index is 475. The van der Waals surface area contributed by atoms with Gasteiger partial charge in [-0.25, -0.2) is 4.98 Å². The van der Waals surface area contributed by atoms with Crippen molar-refractivity contribution in [3.8, 4) is 0 Å². The Balaban J connectivity index is 1.74. The molecule has 0 aromatic carbocycles. The van der Waals surface area contributed by atoms with E-state index < -0.39 is 0 Å². The maximum atomic E-state index is 4.43. The molecule has 0 spiro atoms. The second-order valence-electron chi connectivity index (χ2n) is 5.45. The highest BCUT2D eigenvalue weighted by Crippen LogP contribution is 2.17. The smallest absolute Gasteiger partial charge is 0.191 e. The number of aromatic nitrogens is 1. The van der Waals surface area contributed by atoms with Crippen molar-refractivity contribution < 1.29 is 0 Å². The zero-order valence-electron chi connectivity index (χ0n) is 13.6. The lowest BCUT2D eigenvalue weighted by Crippen LogP contribution is -2.49. The Morgan fingerprint density at radius 1 is 1.41 bits per heavy atom. The van der Waals surface area contributed by atoms with Crippen LogP contribution in [0.1, 0.15) is 26.2 Å². The first-order valence-corrected chi connectivity index (χ1v) is 8.08. The summed E-state index contributed by atoms with van der Waals surface area (Å²) >= 11 is 0. The number of hydrogen-bond donors (Lipinski definition) is 2. The van der Waals surface area contributed by atoms with Crippen LogP contribution in [0.25, 0.3) is 0 Å². The molecule has 120 valence electrons. The fraction of sp³-hybridized carbons (Fsp3) is 0.529. The van der Waals surface area contributed by atoms with E-state index in [0.717, 1.165) is 50.7 Å². The summed E-state index contributed by atoms with van der Waals surface area (Å²) in [5.41, 5.74) is 0. The van der Waals surface area contributed by atoms with Crippen molar-refractivity contribution in [2.45, 2.75) is 32.2 Å². The van der Waals surface area contributed by atoms with Gasteiger partial charge in [-0.1, -0.05) is 18.2 Å². The van der Waals surface area contributed by atoms with E-state index in [9.17, 15) is 0 Å². The van der Waals surface area contributed by atoms with Gasteiger partial charge in [-0.05, 0) is 38.3 Å². The third-order valence-corrected chi connectivity index (χ3v) is 3.87. The van der Waals surface area contributed by atoms with E-state index in [-0.39, 0.29) is 0 Å². The highest BCUT2D eigenvalue weighted by atomic mass is 15.2. The lowest BCUT2D eigenvalue weighted by molar-refractivity contribution is 0.460. The molecular weight excluding hydrogens is 274 g/mol. The lowest BCUT2D eigenvalue weighted by atomic mass is 10.1. The van der Waals surface area contributed by atoms with Crippen molar-refractivity contribution >= 4 is 11.8 Å². The van der Waals surface area contributed by atoms with Gasteiger partial charge in [-0.3, -0.25) is 4.99 Å². The van der Waals surface area contributed by atoms with Crippen LogP contribution in [0.3, 0.4) is 0 Å². The number of allylic oxidation sites excluding steroid dienone is 1. The largest absolute Gasteiger partial charge is 0.356 e. The fourth-order valence-electron chi connectivity index (χ4n) is 2.62. The van der Waals surface area contributed by atoms with E-state index in [2.05, 4.69) is 43.7 Å². The predicted molar refractivity (Wildman–Crippen MR) is 93.4 cm³/mol. The van der Waals surface area contributed by atoms with Gasteiger partial charge in [-0.15, -0.1) is 0 Å². The van der Waals surface area contributed by atoms with Crippen LogP contribution in [-0.4, -0.2) is 43.7 Å². The number of pyridine rings is 1. The minimum Gasteiger partial charge on any atom is -0.356 e. The maximum absolute atomic E-state index is 4.43. The van der Waals surface area contributed by atoms with Crippen molar-refractivity contribution in [3.63, 3.8) is 0 Å². The second kappa shape index (κ2) is 9.07. The van der Waals surface area contributed by atoms with Crippen molar-refractivity contribution in [2.24, 2.45) is 4.99 Å². The van der Waals surface area contributed by atoms with Crippen LogP contribution in [0, 0.1) is 0 Å². The number of anilines is 1. The molecule has 5 heteroatoms. The second-order valence-corrected chi connectivity index (χ2v) is 5.45. The molecule has 0 radical (unpaired) electrons. The molecule has 0 amide bonds. The number of rotatable bonds is 5. The van der Waals surface area contributed by atoms with Crippen LogP contribution in [0.4, 0.5) is 5.82 Å². The summed E-state index contributed by atoms with van der Waals surface area (Å²) in [6.07, 6.45) is 9.32. The third-order valence-electron chi connectivity index (χ3n) is 3.87. The van der Waals surface area contributed by atoms with Crippen LogP contribution >= 0.6 is 0 Å². The van der Waals surface area contributed by atoms with E-state index in [1.165, 1.54) is 0 Å². The maximum Gasteiger partial charge on any atom is 0.191 e. The summed E-state index contributed by atoms with van der Waals surface area (Å²) < 4.78 is 0. The summed E-state index contributed by atoms with van der Waals surface area (Å²) in [6, 6.07) is 6.56. The summed E-state index contributed by atoms with van der Waals surface area (Å²) in [4.78, 5) is 11.1. The van der Waals surface area contributed by atoms with Gasteiger partial charge in [-0.2, -0.15) is 0 Å². The Morgan fingerprint density at radius 2 is 2.23 bits per heavy atom. The van der Waals surface area contributed by atoms with Gasteiger partial charge < -0.3 is 15.5 Å². The fourth-order valence-corrected chi connectivity index (χ4v) is 2.62. The first-order chi connectivity index (χ1) is 10.8. The van der Waals surface area contributed by atoms with Crippen molar-refractivity contribution in [1.29, 1.82) is 0 Å².